The van der Waals surface area contributed by atoms with Gasteiger partial charge in [0.2, 0.25) is 0 Å². The van der Waals surface area contributed by atoms with E-state index in [1.807, 2.05) is 24.3 Å². The van der Waals surface area contributed by atoms with Crippen LogP contribution < -0.4 is 9.47 Å². The first-order chi connectivity index (χ1) is 11.8. The molecule has 0 N–H and O–H groups in total. The Morgan fingerprint density at radius 3 is 1.37 bits per heavy atom. The van der Waals surface area contributed by atoms with Crippen LogP contribution in [0.3, 0.4) is 0 Å². The van der Waals surface area contributed by atoms with Crippen molar-refractivity contribution in [2.45, 2.75) is 65.8 Å². The Balaban J connectivity index is 0. The monoisotopic (exact) mass is 488 g/mol. The molecular weight excluding hydrogens is 450 g/mol. The molecule has 150 valence electrons. The molecule has 1 aromatic carbocycles. The topological polar surface area (TPSA) is 18.5 Å². The Morgan fingerprint density at radius 1 is 0.741 bits per heavy atom. The van der Waals surface area contributed by atoms with E-state index in [4.69, 9.17) is 9.47 Å². The van der Waals surface area contributed by atoms with Crippen molar-refractivity contribution in [1.29, 1.82) is 0 Å². The Bertz CT molecular complexity index is 532. The summed E-state index contributed by atoms with van der Waals surface area (Å²) in [6, 6.07) is 7.75. The van der Waals surface area contributed by atoms with Crippen LogP contribution in [0, 0.1) is 13.2 Å². The fourth-order valence-corrected chi connectivity index (χ4v) is 98.6. The molecule has 2 nitrogen and oxygen atoms in total. The summed E-state index contributed by atoms with van der Waals surface area (Å²) in [6.07, 6.45) is 3.30. The number of rotatable bonds is 7. The molecule has 7 heteroatoms. The maximum atomic E-state index is 5.89. The summed E-state index contributed by atoms with van der Waals surface area (Å²) in [5.41, 5.74) is 2.47. The summed E-state index contributed by atoms with van der Waals surface area (Å²) in [5.74, 6) is 1.68. The van der Waals surface area contributed by atoms with Crippen LogP contribution >= 0.6 is 0 Å². The minimum Gasteiger partial charge on any atom is -0.642 e. The molecule has 0 bridgehead atoms. The largest absolute Gasteiger partial charge is 2.00 e. The van der Waals surface area contributed by atoms with Gasteiger partial charge in [-0.25, -0.2) is 0 Å². The molecule has 0 radical (unpaired) electrons. The normalized spacial score (nSPS) is 12.7. The van der Waals surface area contributed by atoms with Crippen LogP contribution in [-0.2, 0) is 19.5 Å². The van der Waals surface area contributed by atoms with Gasteiger partial charge in [0, 0.05) is 29.4 Å². The zero-order chi connectivity index (χ0) is 20.8. The number of methoxy groups -OCH3 is 1. The summed E-state index contributed by atoms with van der Waals surface area (Å²) in [6.45, 7) is 26.6. The van der Waals surface area contributed by atoms with E-state index in [1.54, 1.807) is 14.0 Å². The van der Waals surface area contributed by atoms with Gasteiger partial charge < -0.3 is 16.4 Å². The van der Waals surface area contributed by atoms with Crippen LogP contribution in [0.1, 0.15) is 6.92 Å². The summed E-state index contributed by atoms with van der Waals surface area (Å²) < 4.78 is 11.1. The van der Waals surface area contributed by atoms with E-state index in [0.29, 0.717) is 0 Å². The van der Waals surface area contributed by atoms with Gasteiger partial charge >= 0.3 is 19.5 Å². The van der Waals surface area contributed by atoms with Gasteiger partial charge in [-0.1, -0.05) is 65.2 Å². The third-order valence-corrected chi connectivity index (χ3v) is 75.8. The van der Waals surface area contributed by atoms with Crippen LogP contribution in [0.15, 0.2) is 30.0 Å². The van der Waals surface area contributed by atoms with Gasteiger partial charge in [0.25, 0.3) is 0 Å². The van der Waals surface area contributed by atoms with Crippen LogP contribution in [0.25, 0.3) is 0 Å². The minimum atomic E-state index is -1.54. The Morgan fingerprint density at radius 2 is 1.07 bits per heavy atom. The van der Waals surface area contributed by atoms with Crippen molar-refractivity contribution < 1.29 is 29.0 Å². The third kappa shape index (κ3) is 7.11. The fourth-order valence-electron chi connectivity index (χ4n) is 4.85. The van der Waals surface area contributed by atoms with Crippen LogP contribution in [0.5, 0.6) is 11.5 Å². The average molecular weight is 490 g/mol. The second kappa shape index (κ2) is 11.3. The van der Waals surface area contributed by atoms with Gasteiger partial charge in [0.1, 0.15) is 5.75 Å². The van der Waals surface area contributed by atoms with Crippen LogP contribution in [0.4, 0.5) is 0 Å². The second-order valence-electron chi connectivity index (χ2n) is 9.60. The van der Waals surface area contributed by atoms with Crippen molar-refractivity contribution in [2.24, 2.45) is 0 Å². The van der Waals surface area contributed by atoms with Crippen molar-refractivity contribution >= 4 is 29.4 Å². The molecule has 0 spiro atoms. The molecule has 0 atom stereocenters. The molecule has 0 saturated heterocycles. The predicted octanol–water partition coefficient (Wildman–Crippen LogP) is 6.47. The van der Waals surface area contributed by atoms with E-state index in [1.165, 1.54) is 0 Å². The van der Waals surface area contributed by atoms with E-state index in [-0.39, 0.29) is 19.5 Å². The second-order valence-corrected chi connectivity index (χ2v) is 50.1. The number of hydrogen-bond donors (Lipinski definition) is 0. The fraction of sp³-hybridized carbons (Fsp3) is 0.550. The zero-order valence-electron chi connectivity index (χ0n) is 19.6. The Kier molecular flexibility index (Phi) is 12.2. The van der Waals surface area contributed by atoms with Crippen molar-refractivity contribution in [2.75, 3.05) is 7.11 Å². The maximum Gasteiger partial charge on any atom is 2.00 e. The molecule has 1 rings (SSSR count). The average Bonchev–Trinajstić information content (AvgIpc) is 2.50. The molecule has 0 unspecified atom stereocenters. The standard InChI is InChI=1S/C18H35O2Si4.C2H5.Zn/c1-19-17-11-13-18(14-12-17)20-15-16-24(21(2,3)4,22(5,6)7)23(8,9)10;1-2;/h11-14,16H,1-10H3;1H2,2H3;/q2*-1;+2. The van der Waals surface area contributed by atoms with Crippen molar-refractivity contribution in [1.82, 2.24) is 0 Å². The van der Waals surface area contributed by atoms with Gasteiger partial charge in [-0.05, 0) is 17.9 Å². The van der Waals surface area contributed by atoms with Crippen LogP contribution in [0.2, 0.25) is 58.9 Å². The summed E-state index contributed by atoms with van der Waals surface area (Å²) in [5, 5.41) is 0. The van der Waals surface area contributed by atoms with E-state index in [9.17, 15) is 0 Å². The molecule has 27 heavy (non-hydrogen) atoms. The molecule has 0 aliphatic heterocycles. The summed E-state index contributed by atoms with van der Waals surface area (Å²) in [7, 11) is -2.27. The number of ether oxygens (including phenoxy) is 2. The third-order valence-electron chi connectivity index (χ3n) is 5.06. The van der Waals surface area contributed by atoms with E-state index < -0.39 is 29.4 Å². The van der Waals surface area contributed by atoms with Crippen LogP contribution in [-0.4, -0.2) is 36.5 Å². The first-order valence-electron chi connectivity index (χ1n) is 9.38. The Labute approximate surface area is 185 Å². The maximum absolute atomic E-state index is 5.89. The van der Waals surface area contributed by atoms with Crippen molar-refractivity contribution in [3.8, 4) is 11.5 Å². The number of hydrogen-bond acceptors (Lipinski definition) is 2. The molecule has 0 aromatic heterocycles. The van der Waals surface area contributed by atoms with Gasteiger partial charge in [0.05, 0.1) is 7.11 Å². The van der Waals surface area contributed by atoms with Gasteiger partial charge in [0.15, 0.2) is 0 Å². The predicted molar refractivity (Wildman–Crippen MR) is 128 cm³/mol. The van der Waals surface area contributed by atoms with Gasteiger partial charge in [-0.3, -0.25) is 0 Å². The number of benzene rings is 1. The molecule has 0 aliphatic carbocycles. The van der Waals surface area contributed by atoms with E-state index >= 15 is 0 Å². The molecule has 0 aliphatic rings. The SMILES string of the molecule is COc1ccc(O[C-]=C[Si]([Si](C)(C)C)([Si](C)(C)C)[Si](C)(C)C)cc1.[CH2-]C.[Zn+2]. The van der Waals surface area contributed by atoms with Gasteiger partial charge in [-0.2, -0.15) is 12.6 Å². The quantitative estimate of drug-likeness (QED) is 0.248. The van der Waals surface area contributed by atoms with E-state index in [0.717, 1.165) is 11.5 Å². The van der Waals surface area contributed by atoms with Crippen molar-refractivity contribution in [3.63, 3.8) is 0 Å². The molecule has 0 fully saturated rings. The van der Waals surface area contributed by atoms with E-state index in [2.05, 4.69) is 77.8 Å². The first-order valence-corrected chi connectivity index (χ1v) is 25.0. The molecule has 0 amide bonds. The Hall–Kier alpha value is 0.0509. The molecule has 0 heterocycles. The molecule has 0 saturated carbocycles. The minimum absolute atomic E-state index is 0. The molecular formula is C20H40O2Si4Zn. The van der Waals surface area contributed by atoms with Crippen molar-refractivity contribution in [3.05, 3.63) is 43.2 Å². The first kappa shape index (κ1) is 29.3. The smallest absolute Gasteiger partial charge is 0.642 e. The summed E-state index contributed by atoms with van der Waals surface area (Å²) in [4.78, 5) is 0. The zero-order valence-corrected chi connectivity index (χ0v) is 26.6. The molecule has 1 aromatic rings. The summed E-state index contributed by atoms with van der Waals surface area (Å²) >= 11 is 0. The van der Waals surface area contributed by atoms with Gasteiger partial charge in [-0.15, -0.1) is 12.1 Å².